The molecular weight excluding hydrogens is 463 g/mol. The van der Waals surface area contributed by atoms with Gasteiger partial charge in [-0.3, -0.25) is 9.52 Å². The summed E-state index contributed by atoms with van der Waals surface area (Å²) in [5.41, 5.74) is 1.53. The van der Waals surface area contributed by atoms with E-state index in [0.717, 1.165) is 3.57 Å². The van der Waals surface area contributed by atoms with E-state index in [-0.39, 0.29) is 11.7 Å². The van der Waals surface area contributed by atoms with E-state index in [2.05, 4.69) is 32.6 Å². The number of benzene rings is 2. The van der Waals surface area contributed by atoms with Crippen LogP contribution in [0.2, 0.25) is 5.02 Å². The van der Waals surface area contributed by atoms with Gasteiger partial charge >= 0.3 is 0 Å². The zero-order chi connectivity index (χ0) is 17.7. The van der Waals surface area contributed by atoms with Crippen molar-refractivity contribution < 1.29 is 13.2 Å². The van der Waals surface area contributed by atoms with Crippen LogP contribution in [-0.4, -0.2) is 20.1 Å². The summed E-state index contributed by atoms with van der Waals surface area (Å²) in [7, 11) is -3.32. The van der Waals surface area contributed by atoms with Gasteiger partial charge in [0.15, 0.2) is 0 Å². The number of rotatable bonds is 6. The molecule has 0 spiro atoms. The Labute approximate surface area is 160 Å². The Kier molecular flexibility index (Phi) is 6.47. The van der Waals surface area contributed by atoms with Gasteiger partial charge in [0.1, 0.15) is 0 Å². The van der Waals surface area contributed by atoms with Crippen LogP contribution in [0.4, 0.5) is 11.4 Å². The number of nitrogens with one attached hydrogen (secondary N) is 2. The Balaban J connectivity index is 2.05. The fraction of sp³-hybridized carbons (Fsp3) is 0.188. The molecule has 128 valence electrons. The Morgan fingerprint density at radius 2 is 1.75 bits per heavy atom. The number of hydrogen-bond donors (Lipinski definition) is 2. The second-order valence-corrected chi connectivity index (χ2v) is 8.49. The lowest BCUT2D eigenvalue weighted by Crippen LogP contribution is -2.16. The molecule has 0 atom stereocenters. The van der Waals surface area contributed by atoms with Crippen LogP contribution in [0.3, 0.4) is 0 Å². The average molecular weight is 479 g/mol. The number of amides is 1. The molecule has 2 N–H and O–H groups in total. The highest BCUT2D eigenvalue weighted by Gasteiger charge is 2.10. The highest BCUT2D eigenvalue weighted by molar-refractivity contribution is 14.1. The molecule has 0 fully saturated rings. The van der Waals surface area contributed by atoms with Crippen LogP contribution in [0.5, 0.6) is 0 Å². The van der Waals surface area contributed by atoms with Crippen LogP contribution in [0.1, 0.15) is 23.7 Å². The van der Waals surface area contributed by atoms with E-state index in [1.54, 1.807) is 49.4 Å². The van der Waals surface area contributed by atoms with Crippen LogP contribution in [-0.2, 0) is 10.0 Å². The minimum absolute atomic E-state index is 0.0701. The van der Waals surface area contributed by atoms with Crippen molar-refractivity contribution in [2.45, 2.75) is 13.3 Å². The maximum Gasteiger partial charge on any atom is 0.255 e. The van der Waals surface area contributed by atoms with Gasteiger partial charge in [-0.1, -0.05) is 18.5 Å². The van der Waals surface area contributed by atoms with Crippen molar-refractivity contribution in [3.8, 4) is 0 Å². The van der Waals surface area contributed by atoms with Gasteiger partial charge in [-0.2, -0.15) is 0 Å². The van der Waals surface area contributed by atoms with E-state index in [9.17, 15) is 13.2 Å². The molecule has 0 aromatic heterocycles. The number of carbonyl (C=O) groups is 1. The number of carbonyl (C=O) groups excluding carboxylic acids is 1. The molecule has 0 saturated carbocycles. The smallest absolute Gasteiger partial charge is 0.255 e. The molecule has 24 heavy (non-hydrogen) atoms. The predicted molar refractivity (Wildman–Crippen MR) is 106 cm³/mol. The fourth-order valence-electron chi connectivity index (χ4n) is 1.96. The minimum Gasteiger partial charge on any atom is -0.322 e. The molecule has 5 nitrogen and oxygen atoms in total. The van der Waals surface area contributed by atoms with Gasteiger partial charge in [0.05, 0.1) is 10.8 Å². The topological polar surface area (TPSA) is 75.3 Å². The Morgan fingerprint density at radius 1 is 1.12 bits per heavy atom. The van der Waals surface area contributed by atoms with Gasteiger partial charge < -0.3 is 5.32 Å². The molecule has 0 aliphatic rings. The molecular formula is C16H16ClIN2O3S. The van der Waals surface area contributed by atoms with Crippen LogP contribution >= 0.6 is 34.2 Å². The van der Waals surface area contributed by atoms with Gasteiger partial charge in [0.25, 0.3) is 5.91 Å². The molecule has 0 aliphatic carbocycles. The summed E-state index contributed by atoms with van der Waals surface area (Å²) in [5, 5.41) is 3.35. The van der Waals surface area contributed by atoms with Gasteiger partial charge in [-0.25, -0.2) is 8.42 Å². The third-order valence-corrected chi connectivity index (χ3v) is 6.10. The molecule has 0 radical (unpaired) electrons. The van der Waals surface area contributed by atoms with Crippen molar-refractivity contribution >= 4 is 61.5 Å². The standard InChI is InChI=1S/C16H16ClIN2O3S/c1-2-9-24(22,23)20-13-6-4-12(5-7-13)19-16(21)11-3-8-14(17)15(18)10-11/h3-8,10,20H,2,9H2,1H3,(H,19,21). The van der Waals surface area contributed by atoms with Crippen molar-refractivity contribution in [3.05, 3.63) is 56.6 Å². The van der Waals surface area contributed by atoms with Gasteiger partial charge in [0, 0.05) is 20.5 Å². The number of halogens is 2. The Morgan fingerprint density at radius 3 is 2.33 bits per heavy atom. The second-order valence-electron chi connectivity index (χ2n) is 5.08. The normalized spacial score (nSPS) is 11.1. The lowest BCUT2D eigenvalue weighted by molar-refractivity contribution is 0.102. The minimum atomic E-state index is -3.32. The number of anilines is 2. The van der Waals surface area contributed by atoms with Crippen LogP contribution in [0.15, 0.2) is 42.5 Å². The van der Waals surface area contributed by atoms with Crippen molar-refractivity contribution in [1.29, 1.82) is 0 Å². The molecule has 8 heteroatoms. The van der Waals surface area contributed by atoms with Gasteiger partial charge in [-0.05, 0) is 71.5 Å². The Hall–Kier alpha value is -1.32. The molecule has 0 heterocycles. The first kappa shape index (κ1) is 19.0. The maximum absolute atomic E-state index is 12.2. The van der Waals surface area contributed by atoms with Crippen LogP contribution < -0.4 is 10.0 Å². The quantitative estimate of drug-likeness (QED) is 0.606. The predicted octanol–water partition coefficient (Wildman–Crippen LogP) is 4.35. The number of sulfonamides is 1. The molecule has 2 aromatic rings. The van der Waals surface area contributed by atoms with E-state index in [0.29, 0.717) is 28.4 Å². The lowest BCUT2D eigenvalue weighted by atomic mass is 10.2. The van der Waals surface area contributed by atoms with Crippen molar-refractivity contribution in [3.63, 3.8) is 0 Å². The van der Waals surface area contributed by atoms with Gasteiger partial charge in [-0.15, -0.1) is 0 Å². The third-order valence-electron chi connectivity index (χ3n) is 3.07. The van der Waals surface area contributed by atoms with Crippen molar-refractivity contribution in [2.75, 3.05) is 15.8 Å². The third kappa shape index (κ3) is 5.35. The summed E-state index contributed by atoms with van der Waals surface area (Å²) in [6, 6.07) is 11.5. The summed E-state index contributed by atoms with van der Waals surface area (Å²) in [6.07, 6.45) is 0.545. The van der Waals surface area contributed by atoms with Crippen molar-refractivity contribution in [1.82, 2.24) is 0 Å². The zero-order valence-electron chi connectivity index (χ0n) is 12.8. The first-order chi connectivity index (χ1) is 11.3. The highest BCUT2D eigenvalue weighted by atomic mass is 127. The zero-order valence-corrected chi connectivity index (χ0v) is 16.6. The van der Waals surface area contributed by atoms with E-state index in [1.807, 2.05) is 0 Å². The molecule has 0 saturated heterocycles. The average Bonchev–Trinajstić information content (AvgIpc) is 2.51. The number of hydrogen-bond acceptors (Lipinski definition) is 3. The fourth-order valence-corrected chi connectivity index (χ4v) is 3.73. The molecule has 0 bridgehead atoms. The first-order valence-corrected chi connectivity index (χ1v) is 10.3. The lowest BCUT2D eigenvalue weighted by Gasteiger charge is -2.09. The highest BCUT2D eigenvalue weighted by Crippen LogP contribution is 2.21. The van der Waals surface area contributed by atoms with Crippen molar-refractivity contribution in [2.24, 2.45) is 0 Å². The summed E-state index contributed by atoms with van der Waals surface area (Å²) < 4.78 is 26.7. The summed E-state index contributed by atoms with van der Waals surface area (Å²) >= 11 is 8.00. The summed E-state index contributed by atoms with van der Waals surface area (Å²) in [6.45, 7) is 1.80. The van der Waals surface area contributed by atoms with E-state index in [4.69, 9.17) is 11.6 Å². The van der Waals surface area contributed by atoms with Crippen LogP contribution in [0, 0.1) is 3.57 Å². The Bertz CT molecular complexity index is 839. The summed E-state index contributed by atoms with van der Waals surface area (Å²) in [5.74, 6) is -0.190. The second kappa shape index (κ2) is 8.17. The van der Waals surface area contributed by atoms with E-state index in [1.165, 1.54) is 0 Å². The molecule has 2 aromatic carbocycles. The monoisotopic (exact) mass is 478 g/mol. The molecule has 0 unspecified atom stereocenters. The first-order valence-electron chi connectivity index (χ1n) is 7.17. The van der Waals surface area contributed by atoms with E-state index >= 15 is 0 Å². The molecule has 0 aliphatic heterocycles. The van der Waals surface area contributed by atoms with Crippen LogP contribution in [0.25, 0.3) is 0 Å². The van der Waals surface area contributed by atoms with Gasteiger partial charge in [0.2, 0.25) is 10.0 Å². The molecule has 2 rings (SSSR count). The van der Waals surface area contributed by atoms with E-state index < -0.39 is 10.0 Å². The SMILES string of the molecule is CCCS(=O)(=O)Nc1ccc(NC(=O)c2ccc(Cl)c(I)c2)cc1. The maximum atomic E-state index is 12.2. The largest absolute Gasteiger partial charge is 0.322 e. The summed E-state index contributed by atoms with van der Waals surface area (Å²) in [4.78, 5) is 12.2. The molecule has 1 amide bonds.